The number of benzene rings is 1. The molecule has 0 spiro atoms. The van der Waals surface area contributed by atoms with Crippen molar-refractivity contribution in [2.45, 2.75) is 13.0 Å². The third kappa shape index (κ3) is 3.33. The fraction of sp³-hybridized carbons (Fsp3) is 0.533. The predicted octanol–water partition coefficient (Wildman–Crippen LogP) is 1.54. The van der Waals surface area contributed by atoms with E-state index in [1.54, 1.807) is 7.11 Å². The van der Waals surface area contributed by atoms with Crippen LogP contribution in [0.4, 0.5) is 0 Å². The second kappa shape index (κ2) is 6.68. The number of likely N-dealkylation sites (N-methyl/N-ethyl adjacent to an activating group) is 1. The van der Waals surface area contributed by atoms with Crippen molar-refractivity contribution >= 4 is 5.91 Å². The molecule has 1 saturated heterocycles. The minimum atomic E-state index is -0.477. The number of methoxy groups -OCH3 is 1. The maximum absolute atomic E-state index is 12.5. The first-order valence-electron chi connectivity index (χ1n) is 6.85. The molecule has 1 fully saturated rings. The van der Waals surface area contributed by atoms with Crippen LogP contribution in [0, 0.1) is 0 Å². The summed E-state index contributed by atoms with van der Waals surface area (Å²) in [5.74, 6) is 0.0736. The van der Waals surface area contributed by atoms with Gasteiger partial charge in [0.2, 0.25) is 0 Å². The van der Waals surface area contributed by atoms with Crippen molar-refractivity contribution in [2.24, 2.45) is 0 Å². The van der Waals surface area contributed by atoms with E-state index in [1.165, 1.54) is 0 Å². The molecule has 4 nitrogen and oxygen atoms in total. The van der Waals surface area contributed by atoms with Crippen LogP contribution in [0.15, 0.2) is 30.3 Å². The fourth-order valence-corrected chi connectivity index (χ4v) is 2.46. The lowest BCUT2D eigenvalue weighted by Gasteiger charge is -2.35. The standard InChI is InChI=1S/C15H22N2O2/c1-3-16-9-11-17(12-10-16)15(18)14(19-2)13-7-5-4-6-8-13/h4-8,14H,3,9-12H2,1-2H3. The quantitative estimate of drug-likeness (QED) is 0.825. The summed E-state index contributed by atoms with van der Waals surface area (Å²) in [6, 6.07) is 9.69. The molecule has 1 aromatic carbocycles. The molecule has 1 aliphatic heterocycles. The molecule has 2 rings (SSSR count). The predicted molar refractivity (Wildman–Crippen MR) is 74.9 cm³/mol. The van der Waals surface area contributed by atoms with Gasteiger partial charge in [-0.2, -0.15) is 0 Å². The molecule has 1 amide bonds. The smallest absolute Gasteiger partial charge is 0.256 e. The summed E-state index contributed by atoms with van der Waals surface area (Å²) >= 11 is 0. The molecular formula is C15H22N2O2. The molecule has 1 heterocycles. The van der Waals surface area contributed by atoms with Gasteiger partial charge in [0.1, 0.15) is 0 Å². The Kier molecular flexibility index (Phi) is 4.93. The average molecular weight is 262 g/mol. The number of ether oxygens (including phenoxy) is 1. The zero-order chi connectivity index (χ0) is 13.7. The summed E-state index contributed by atoms with van der Waals surface area (Å²) in [7, 11) is 1.60. The first-order valence-corrected chi connectivity index (χ1v) is 6.85. The van der Waals surface area contributed by atoms with Crippen LogP contribution >= 0.6 is 0 Å². The van der Waals surface area contributed by atoms with Gasteiger partial charge < -0.3 is 14.5 Å². The molecule has 104 valence electrons. The van der Waals surface area contributed by atoms with Crippen LogP contribution in [0.3, 0.4) is 0 Å². The molecule has 1 unspecified atom stereocenters. The number of carbonyl (C=O) groups excluding carboxylic acids is 1. The Bertz CT molecular complexity index is 400. The van der Waals surface area contributed by atoms with Crippen molar-refractivity contribution in [3.05, 3.63) is 35.9 Å². The second-order valence-corrected chi connectivity index (χ2v) is 4.79. The number of carbonyl (C=O) groups is 1. The summed E-state index contributed by atoms with van der Waals surface area (Å²) in [5.41, 5.74) is 0.924. The number of hydrogen-bond donors (Lipinski definition) is 0. The first-order chi connectivity index (χ1) is 9.26. The highest BCUT2D eigenvalue weighted by Crippen LogP contribution is 2.20. The van der Waals surface area contributed by atoms with E-state index in [4.69, 9.17) is 4.74 Å². The lowest BCUT2D eigenvalue weighted by atomic mass is 10.1. The third-order valence-corrected chi connectivity index (χ3v) is 3.69. The van der Waals surface area contributed by atoms with Crippen molar-refractivity contribution in [1.82, 2.24) is 9.80 Å². The summed E-state index contributed by atoms with van der Waals surface area (Å²) in [4.78, 5) is 16.8. The van der Waals surface area contributed by atoms with Gasteiger partial charge in [-0.05, 0) is 12.1 Å². The molecule has 1 atom stereocenters. The Morgan fingerprint density at radius 2 is 1.84 bits per heavy atom. The number of nitrogens with zero attached hydrogens (tertiary/aromatic N) is 2. The molecule has 4 heteroatoms. The van der Waals surface area contributed by atoms with E-state index >= 15 is 0 Å². The minimum Gasteiger partial charge on any atom is -0.367 e. The van der Waals surface area contributed by atoms with Crippen LogP contribution in [0.5, 0.6) is 0 Å². The lowest BCUT2D eigenvalue weighted by molar-refractivity contribution is -0.144. The van der Waals surface area contributed by atoms with Gasteiger partial charge in [0, 0.05) is 33.3 Å². The van der Waals surface area contributed by atoms with E-state index in [1.807, 2.05) is 35.2 Å². The van der Waals surface area contributed by atoms with Crippen LogP contribution in [0.2, 0.25) is 0 Å². The Morgan fingerprint density at radius 3 is 2.37 bits per heavy atom. The topological polar surface area (TPSA) is 32.8 Å². The Morgan fingerprint density at radius 1 is 1.21 bits per heavy atom. The molecule has 0 aliphatic carbocycles. The number of piperazine rings is 1. The van der Waals surface area contributed by atoms with Gasteiger partial charge in [0.05, 0.1) is 0 Å². The van der Waals surface area contributed by atoms with Crippen LogP contribution in [0.1, 0.15) is 18.6 Å². The number of hydrogen-bond acceptors (Lipinski definition) is 3. The van der Waals surface area contributed by atoms with Gasteiger partial charge in [-0.25, -0.2) is 0 Å². The van der Waals surface area contributed by atoms with Crippen molar-refractivity contribution in [2.75, 3.05) is 39.8 Å². The molecule has 1 aromatic rings. The number of rotatable bonds is 4. The van der Waals surface area contributed by atoms with Crippen molar-refractivity contribution in [1.29, 1.82) is 0 Å². The maximum Gasteiger partial charge on any atom is 0.256 e. The highest BCUT2D eigenvalue weighted by Gasteiger charge is 2.27. The minimum absolute atomic E-state index is 0.0736. The van der Waals surface area contributed by atoms with Gasteiger partial charge in [-0.1, -0.05) is 37.3 Å². The van der Waals surface area contributed by atoms with E-state index in [9.17, 15) is 4.79 Å². The largest absolute Gasteiger partial charge is 0.367 e. The van der Waals surface area contributed by atoms with Gasteiger partial charge in [0.25, 0.3) is 5.91 Å². The van der Waals surface area contributed by atoms with E-state index in [2.05, 4.69) is 11.8 Å². The molecule has 0 saturated carbocycles. The molecule has 0 aromatic heterocycles. The summed E-state index contributed by atoms with van der Waals surface area (Å²) in [5, 5.41) is 0. The molecule has 19 heavy (non-hydrogen) atoms. The molecule has 0 N–H and O–H groups in total. The second-order valence-electron chi connectivity index (χ2n) is 4.79. The van der Waals surface area contributed by atoms with Gasteiger partial charge >= 0.3 is 0 Å². The lowest BCUT2D eigenvalue weighted by Crippen LogP contribution is -2.50. The zero-order valence-corrected chi connectivity index (χ0v) is 11.7. The zero-order valence-electron chi connectivity index (χ0n) is 11.7. The molecule has 1 aliphatic rings. The van der Waals surface area contributed by atoms with Crippen molar-refractivity contribution < 1.29 is 9.53 Å². The van der Waals surface area contributed by atoms with Crippen LogP contribution in [0.25, 0.3) is 0 Å². The Hall–Kier alpha value is -1.39. The summed E-state index contributed by atoms with van der Waals surface area (Å²) < 4.78 is 5.40. The highest BCUT2D eigenvalue weighted by molar-refractivity contribution is 5.82. The molecule has 0 radical (unpaired) electrons. The van der Waals surface area contributed by atoms with Gasteiger partial charge in [-0.15, -0.1) is 0 Å². The Labute approximate surface area is 115 Å². The van der Waals surface area contributed by atoms with Crippen molar-refractivity contribution in [3.63, 3.8) is 0 Å². The van der Waals surface area contributed by atoms with E-state index in [0.29, 0.717) is 0 Å². The van der Waals surface area contributed by atoms with Gasteiger partial charge in [0.15, 0.2) is 6.10 Å². The van der Waals surface area contributed by atoms with E-state index < -0.39 is 6.10 Å². The first kappa shape index (κ1) is 14.0. The Balaban J connectivity index is 2.02. The van der Waals surface area contributed by atoms with E-state index in [-0.39, 0.29) is 5.91 Å². The average Bonchev–Trinajstić information content (AvgIpc) is 2.49. The van der Waals surface area contributed by atoms with Gasteiger partial charge in [-0.3, -0.25) is 4.79 Å². The SMILES string of the molecule is CCN1CCN(C(=O)C(OC)c2ccccc2)CC1. The van der Waals surface area contributed by atoms with Crippen LogP contribution in [-0.4, -0.2) is 55.5 Å². The summed E-state index contributed by atoms with van der Waals surface area (Å²) in [6.45, 7) is 6.69. The number of amides is 1. The van der Waals surface area contributed by atoms with Crippen LogP contribution < -0.4 is 0 Å². The van der Waals surface area contributed by atoms with E-state index in [0.717, 1.165) is 38.3 Å². The fourth-order valence-electron chi connectivity index (χ4n) is 2.46. The van der Waals surface area contributed by atoms with Crippen molar-refractivity contribution in [3.8, 4) is 0 Å². The molecular weight excluding hydrogens is 240 g/mol. The normalized spacial score (nSPS) is 18.3. The maximum atomic E-state index is 12.5. The third-order valence-electron chi connectivity index (χ3n) is 3.69. The monoisotopic (exact) mass is 262 g/mol. The van der Waals surface area contributed by atoms with Crippen LogP contribution in [-0.2, 0) is 9.53 Å². The summed E-state index contributed by atoms with van der Waals surface area (Å²) in [6.07, 6.45) is -0.477. The highest BCUT2D eigenvalue weighted by atomic mass is 16.5. The molecule has 0 bridgehead atoms.